The summed E-state index contributed by atoms with van der Waals surface area (Å²) in [7, 11) is 1.46. The predicted molar refractivity (Wildman–Crippen MR) is 85.2 cm³/mol. The van der Waals surface area contributed by atoms with Gasteiger partial charge in [-0.15, -0.1) is 0 Å². The second-order valence-electron chi connectivity index (χ2n) is 5.43. The van der Waals surface area contributed by atoms with Crippen LogP contribution in [-0.2, 0) is 4.74 Å². The van der Waals surface area contributed by atoms with E-state index in [2.05, 4.69) is 10.3 Å². The topological polar surface area (TPSA) is 113 Å². The number of nitrogens with one attached hydrogen (secondary N) is 1. The van der Waals surface area contributed by atoms with Gasteiger partial charge < -0.3 is 25.3 Å². The molecule has 2 aromatic rings. The Labute approximate surface area is 137 Å². The zero-order valence-electron chi connectivity index (χ0n) is 13.2. The number of nitrogens with zero attached hydrogens (tertiary/aromatic N) is 1. The number of primary amides is 1. The third kappa shape index (κ3) is 2.90. The SMILES string of the molecule is COc1cc2c(OCC3NC(=O)OC3C)nccc2cc1C(N)=O. The summed E-state index contributed by atoms with van der Waals surface area (Å²) in [4.78, 5) is 26.9. The number of cyclic esters (lactones) is 1. The average Bonchev–Trinajstić information content (AvgIpc) is 2.88. The van der Waals surface area contributed by atoms with Gasteiger partial charge in [0.15, 0.2) is 0 Å². The largest absolute Gasteiger partial charge is 0.496 e. The number of hydrogen-bond donors (Lipinski definition) is 2. The van der Waals surface area contributed by atoms with Crippen LogP contribution in [0.4, 0.5) is 4.79 Å². The van der Waals surface area contributed by atoms with Crippen molar-refractivity contribution in [2.24, 2.45) is 5.73 Å². The normalized spacial score (nSPS) is 19.7. The third-order valence-corrected chi connectivity index (χ3v) is 3.88. The summed E-state index contributed by atoms with van der Waals surface area (Å²) in [6, 6.07) is 4.78. The second kappa shape index (κ2) is 6.23. The maximum Gasteiger partial charge on any atom is 0.407 e. The fraction of sp³-hybridized carbons (Fsp3) is 0.312. The predicted octanol–water partition coefficient (Wildman–Crippen LogP) is 1.22. The van der Waals surface area contributed by atoms with Gasteiger partial charge in [0.25, 0.3) is 5.91 Å². The lowest BCUT2D eigenvalue weighted by molar-refractivity contribution is 0.0997. The minimum atomic E-state index is -0.576. The highest BCUT2D eigenvalue weighted by atomic mass is 16.6. The number of fused-ring (bicyclic) bond motifs is 1. The lowest BCUT2D eigenvalue weighted by atomic mass is 10.1. The van der Waals surface area contributed by atoms with Crippen molar-refractivity contribution in [2.75, 3.05) is 13.7 Å². The molecule has 1 aliphatic rings. The summed E-state index contributed by atoms with van der Waals surface area (Å²) < 4.78 is 16.0. The summed E-state index contributed by atoms with van der Waals surface area (Å²) in [6.07, 6.45) is 0.820. The molecular formula is C16H17N3O5. The van der Waals surface area contributed by atoms with Crippen LogP contribution >= 0.6 is 0 Å². The molecule has 0 aliphatic carbocycles. The van der Waals surface area contributed by atoms with Crippen LogP contribution in [-0.4, -0.2) is 42.8 Å². The standard InChI is InChI=1S/C16H17N3O5/c1-8-12(19-16(21)24-8)7-23-15-10-6-13(22-2)11(14(17)20)5-9(10)3-4-18-15/h3-6,8,12H,7H2,1-2H3,(H2,17,20)(H,19,21). The number of alkyl carbamates (subject to hydrolysis) is 1. The van der Waals surface area contributed by atoms with Gasteiger partial charge in [0.1, 0.15) is 24.5 Å². The van der Waals surface area contributed by atoms with E-state index in [1.807, 2.05) is 0 Å². The Kier molecular flexibility index (Phi) is 4.11. The van der Waals surface area contributed by atoms with E-state index in [9.17, 15) is 9.59 Å². The van der Waals surface area contributed by atoms with Gasteiger partial charge in [-0.05, 0) is 30.5 Å². The van der Waals surface area contributed by atoms with Crippen molar-refractivity contribution >= 4 is 22.8 Å². The van der Waals surface area contributed by atoms with Crippen molar-refractivity contribution in [3.63, 3.8) is 0 Å². The molecule has 2 unspecified atom stereocenters. The minimum absolute atomic E-state index is 0.207. The Morgan fingerprint density at radius 1 is 1.46 bits per heavy atom. The number of amides is 2. The van der Waals surface area contributed by atoms with Gasteiger partial charge in [0.2, 0.25) is 5.88 Å². The van der Waals surface area contributed by atoms with Crippen LogP contribution in [0.15, 0.2) is 24.4 Å². The van der Waals surface area contributed by atoms with E-state index in [0.717, 1.165) is 5.39 Å². The highest BCUT2D eigenvalue weighted by molar-refractivity contribution is 6.01. The zero-order valence-corrected chi connectivity index (χ0v) is 13.2. The molecule has 126 valence electrons. The molecule has 0 radical (unpaired) electrons. The average molecular weight is 331 g/mol. The molecule has 8 nitrogen and oxygen atoms in total. The molecule has 1 saturated heterocycles. The number of aromatic nitrogens is 1. The van der Waals surface area contributed by atoms with E-state index >= 15 is 0 Å². The number of pyridine rings is 1. The smallest absolute Gasteiger partial charge is 0.407 e. The van der Waals surface area contributed by atoms with Gasteiger partial charge >= 0.3 is 6.09 Å². The van der Waals surface area contributed by atoms with Crippen molar-refractivity contribution in [2.45, 2.75) is 19.1 Å². The van der Waals surface area contributed by atoms with E-state index < -0.39 is 12.0 Å². The highest BCUT2D eigenvalue weighted by Gasteiger charge is 2.31. The summed E-state index contributed by atoms with van der Waals surface area (Å²) in [5, 5.41) is 4.09. The van der Waals surface area contributed by atoms with Crippen molar-refractivity contribution in [1.29, 1.82) is 0 Å². The summed E-state index contributed by atoms with van der Waals surface area (Å²) in [6.45, 7) is 1.99. The van der Waals surface area contributed by atoms with E-state index in [-0.39, 0.29) is 24.3 Å². The Hall–Kier alpha value is -3.03. The number of carbonyl (C=O) groups is 2. The maximum absolute atomic E-state index is 11.5. The first-order valence-corrected chi connectivity index (χ1v) is 7.36. The van der Waals surface area contributed by atoms with Crippen molar-refractivity contribution in [3.05, 3.63) is 30.0 Å². The van der Waals surface area contributed by atoms with Crippen molar-refractivity contribution in [1.82, 2.24) is 10.3 Å². The van der Waals surface area contributed by atoms with Gasteiger partial charge in [-0.2, -0.15) is 0 Å². The molecule has 1 aromatic heterocycles. The Morgan fingerprint density at radius 2 is 2.25 bits per heavy atom. The zero-order chi connectivity index (χ0) is 17.3. The van der Waals surface area contributed by atoms with Crippen LogP contribution in [0.2, 0.25) is 0 Å². The van der Waals surface area contributed by atoms with Gasteiger partial charge in [0.05, 0.1) is 12.7 Å². The summed E-state index contributed by atoms with van der Waals surface area (Å²) >= 11 is 0. The van der Waals surface area contributed by atoms with Crippen LogP contribution in [0.25, 0.3) is 10.8 Å². The molecule has 24 heavy (non-hydrogen) atoms. The van der Waals surface area contributed by atoms with Gasteiger partial charge in [-0.25, -0.2) is 9.78 Å². The van der Waals surface area contributed by atoms with E-state index in [0.29, 0.717) is 17.0 Å². The third-order valence-electron chi connectivity index (χ3n) is 3.88. The number of hydrogen-bond acceptors (Lipinski definition) is 6. The van der Waals surface area contributed by atoms with Gasteiger partial charge in [0, 0.05) is 11.6 Å². The molecule has 0 spiro atoms. The van der Waals surface area contributed by atoms with Crippen LogP contribution in [0.1, 0.15) is 17.3 Å². The number of ether oxygens (including phenoxy) is 3. The van der Waals surface area contributed by atoms with E-state index in [1.165, 1.54) is 7.11 Å². The molecule has 3 N–H and O–H groups in total. The monoisotopic (exact) mass is 331 g/mol. The lowest BCUT2D eigenvalue weighted by Gasteiger charge is -2.15. The molecule has 1 fully saturated rings. The first-order valence-electron chi connectivity index (χ1n) is 7.36. The fourth-order valence-corrected chi connectivity index (χ4v) is 2.55. The van der Waals surface area contributed by atoms with Crippen LogP contribution in [0, 0.1) is 0 Å². The van der Waals surface area contributed by atoms with E-state index in [1.54, 1.807) is 31.3 Å². The number of benzene rings is 1. The van der Waals surface area contributed by atoms with Crippen LogP contribution < -0.4 is 20.5 Å². The van der Waals surface area contributed by atoms with Crippen LogP contribution in [0.5, 0.6) is 11.6 Å². The Morgan fingerprint density at radius 3 is 2.88 bits per heavy atom. The molecule has 1 aromatic carbocycles. The van der Waals surface area contributed by atoms with Gasteiger partial charge in [-0.1, -0.05) is 0 Å². The van der Waals surface area contributed by atoms with E-state index in [4.69, 9.17) is 19.9 Å². The second-order valence-corrected chi connectivity index (χ2v) is 5.43. The summed E-state index contributed by atoms with van der Waals surface area (Å²) in [5.41, 5.74) is 5.65. The minimum Gasteiger partial charge on any atom is -0.496 e. The summed E-state index contributed by atoms with van der Waals surface area (Å²) in [5.74, 6) is 0.140. The lowest BCUT2D eigenvalue weighted by Crippen LogP contribution is -2.36. The number of methoxy groups -OCH3 is 1. The molecular weight excluding hydrogens is 314 g/mol. The molecule has 2 heterocycles. The molecule has 8 heteroatoms. The number of carbonyl (C=O) groups excluding carboxylic acids is 2. The molecule has 0 bridgehead atoms. The molecule has 3 rings (SSSR count). The van der Waals surface area contributed by atoms with Crippen molar-refractivity contribution in [3.8, 4) is 11.6 Å². The van der Waals surface area contributed by atoms with Crippen molar-refractivity contribution < 1.29 is 23.8 Å². The highest BCUT2D eigenvalue weighted by Crippen LogP contribution is 2.30. The molecule has 1 aliphatic heterocycles. The fourth-order valence-electron chi connectivity index (χ4n) is 2.55. The maximum atomic E-state index is 11.5. The first kappa shape index (κ1) is 15.9. The Balaban J connectivity index is 1.91. The Bertz CT molecular complexity index is 808. The number of nitrogens with two attached hydrogens (primary N) is 1. The molecule has 2 atom stereocenters. The van der Waals surface area contributed by atoms with Crippen LogP contribution in [0.3, 0.4) is 0 Å². The quantitative estimate of drug-likeness (QED) is 0.852. The molecule has 2 amide bonds. The number of rotatable bonds is 5. The first-order chi connectivity index (χ1) is 11.5. The van der Waals surface area contributed by atoms with Gasteiger partial charge in [-0.3, -0.25) is 4.79 Å². The molecule has 0 saturated carbocycles.